The van der Waals surface area contributed by atoms with Crippen LogP contribution in [0.25, 0.3) is 11.3 Å². The van der Waals surface area contributed by atoms with Crippen LogP contribution in [0.5, 0.6) is 0 Å². The lowest BCUT2D eigenvalue weighted by atomic mass is 10.0. The van der Waals surface area contributed by atoms with Gasteiger partial charge in [-0.3, -0.25) is 5.10 Å². The van der Waals surface area contributed by atoms with Crippen LogP contribution in [-0.4, -0.2) is 36.4 Å². The maximum atomic E-state index is 13.2. The number of rotatable bonds is 2. The minimum Gasteiger partial charge on any atom is -0.366 e. The van der Waals surface area contributed by atoms with Crippen molar-refractivity contribution in [1.29, 1.82) is 0 Å². The van der Waals surface area contributed by atoms with Gasteiger partial charge in [0.1, 0.15) is 0 Å². The van der Waals surface area contributed by atoms with Crippen LogP contribution in [-0.2, 0) is 6.18 Å². The number of benzene rings is 1. The molecule has 2 aromatic rings. The standard InChI is InChI=1S/C14H15F3N4/c15-14(16,17)11-4-2-1-3-10(11)13-12(9-19-20-13)21-7-5-18-6-8-21/h1-4,9,18H,5-8H2,(H,19,20). The number of aromatic amines is 1. The molecule has 2 N–H and O–H groups in total. The molecule has 0 radical (unpaired) electrons. The Morgan fingerprint density at radius 3 is 2.52 bits per heavy atom. The number of anilines is 1. The molecule has 4 nitrogen and oxygen atoms in total. The predicted molar refractivity (Wildman–Crippen MR) is 74.1 cm³/mol. The molecule has 0 spiro atoms. The molecule has 1 aliphatic heterocycles. The lowest BCUT2D eigenvalue weighted by Gasteiger charge is -2.29. The van der Waals surface area contributed by atoms with Gasteiger partial charge in [-0.15, -0.1) is 0 Å². The molecule has 112 valence electrons. The second-order valence-electron chi connectivity index (χ2n) is 4.91. The maximum absolute atomic E-state index is 13.2. The van der Waals surface area contributed by atoms with Crippen molar-refractivity contribution in [2.45, 2.75) is 6.18 Å². The van der Waals surface area contributed by atoms with Gasteiger partial charge >= 0.3 is 6.18 Å². The van der Waals surface area contributed by atoms with Crippen LogP contribution >= 0.6 is 0 Å². The summed E-state index contributed by atoms with van der Waals surface area (Å²) in [6.45, 7) is 3.12. The fourth-order valence-corrected chi connectivity index (χ4v) is 2.57. The van der Waals surface area contributed by atoms with Crippen LogP contribution in [0.2, 0.25) is 0 Å². The molecule has 0 unspecified atom stereocenters. The van der Waals surface area contributed by atoms with Crippen LogP contribution in [0.15, 0.2) is 30.5 Å². The number of nitrogens with one attached hydrogen (secondary N) is 2. The van der Waals surface area contributed by atoms with E-state index in [1.165, 1.54) is 12.1 Å². The van der Waals surface area contributed by atoms with Crippen LogP contribution in [0.3, 0.4) is 0 Å². The SMILES string of the molecule is FC(F)(F)c1ccccc1-c1[nH]ncc1N1CCNCC1. The van der Waals surface area contributed by atoms with Crippen LogP contribution in [0.4, 0.5) is 18.9 Å². The first-order valence-corrected chi connectivity index (χ1v) is 6.73. The Balaban J connectivity index is 2.04. The number of hydrogen-bond donors (Lipinski definition) is 2. The van der Waals surface area contributed by atoms with Crippen molar-refractivity contribution in [3.05, 3.63) is 36.0 Å². The van der Waals surface area contributed by atoms with E-state index < -0.39 is 11.7 Å². The zero-order valence-corrected chi connectivity index (χ0v) is 11.2. The Bertz CT molecular complexity index is 615. The van der Waals surface area contributed by atoms with Gasteiger partial charge in [0.25, 0.3) is 0 Å². The van der Waals surface area contributed by atoms with Crippen molar-refractivity contribution in [1.82, 2.24) is 15.5 Å². The first kappa shape index (κ1) is 13.9. The molecule has 1 aromatic heterocycles. The average molecular weight is 296 g/mol. The van der Waals surface area contributed by atoms with Gasteiger partial charge in [0.15, 0.2) is 0 Å². The Labute approximate surface area is 120 Å². The van der Waals surface area contributed by atoms with Gasteiger partial charge in [-0.25, -0.2) is 0 Å². The van der Waals surface area contributed by atoms with Crippen molar-refractivity contribution < 1.29 is 13.2 Å². The van der Waals surface area contributed by atoms with E-state index in [2.05, 4.69) is 15.5 Å². The molecule has 1 aromatic carbocycles. The van der Waals surface area contributed by atoms with Gasteiger partial charge in [0, 0.05) is 31.7 Å². The largest absolute Gasteiger partial charge is 0.417 e. The highest BCUT2D eigenvalue weighted by Crippen LogP contribution is 2.39. The molecule has 0 aliphatic carbocycles. The van der Waals surface area contributed by atoms with Gasteiger partial charge in [-0.2, -0.15) is 18.3 Å². The van der Waals surface area contributed by atoms with E-state index in [4.69, 9.17) is 0 Å². The van der Waals surface area contributed by atoms with E-state index >= 15 is 0 Å². The Morgan fingerprint density at radius 2 is 1.81 bits per heavy atom. The molecule has 1 aliphatic rings. The zero-order chi connectivity index (χ0) is 14.9. The molecular formula is C14H15F3N4. The van der Waals surface area contributed by atoms with E-state index in [-0.39, 0.29) is 5.56 Å². The van der Waals surface area contributed by atoms with Gasteiger partial charge in [0.2, 0.25) is 0 Å². The molecule has 1 fully saturated rings. The van der Waals surface area contributed by atoms with Crippen molar-refractivity contribution in [2.75, 3.05) is 31.1 Å². The van der Waals surface area contributed by atoms with Gasteiger partial charge in [0.05, 0.1) is 23.1 Å². The minimum atomic E-state index is -4.39. The van der Waals surface area contributed by atoms with Gasteiger partial charge in [-0.05, 0) is 6.07 Å². The van der Waals surface area contributed by atoms with Crippen molar-refractivity contribution >= 4 is 5.69 Å². The summed E-state index contributed by atoms with van der Waals surface area (Å²) >= 11 is 0. The summed E-state index contributed by atoms with van der Waals surface area (Å²) in [5, 5.41) is 9.88. The Hall–Kier alpha value is -2.02. The first-order chi connectivity index (χ1) is 10.1. The summed E-state index contributed by atoms with van der Waals surface area (Å²) < 4.78 is 39.5. The number of piperazine rings is 1. The number of nitrogens with zero attached hydrogens (tertiary/aromatic N) is 2. The Kier molecular flexibility index (Phi) is 3.59. The monoisotopic (exact) mass is 296 g/mol. The molecule has 0 saturated carbocycles. The lowest BCUT2D eigenvalue weighted by Crippen LogP contribution is -2.43. The Morgan fingerprint density at radius 1 is 1.10 bits per heavy atom. The minimum absolute atomic E-state index is 0.135. The van der Waals surface area contributed by atoms with Crippen molar-refractivity contribution in [3.8, 4) is 11.3 Å². The third-order valence-corrected chi connectivity index (χ3v) is 3.58. The van der Waals surface area contributed by atoms with E-state index in [1.54, 1.807) is 12.3 Å². The summed E-state index contributed by atoms with van der Waals surface area (Å²) in [7, 11) is 0. The number of alkyl halides is 3. The third-order valence-electron chi connectivity index (χ3n) is 3.58. The lowest BCUT2D eigenvalue weighted by molar-refractivity contribution is -0.137. The summed E-state index contributed by atoms with van der Waals surface area (Å²) in [5.41, 5.74) is 0.625. The van der Waals surface area contributed by atoms with E-state index in [9.17, 15) is 13.2 Å². The number of halogens is 3. The fraction of sp³-hybridized carbons (Fsp3) is 0.357. The topological polar surface area (TPSA) is 44.0 Å². The molecule has 0 atom stereocenters. The number of H-pyrrole nitrogens is 1. The van der Waals surface area contributed by atoms with Crippen molar-refractivity contribution in [3.63, 3.8) is 0 Å². The first-order valence-electron chi connectivity index (χ1n) is 6.73. The second-order valence-corrected chi connectivity index (χ2v) is 4.91. The highest BCUT2D eigenvalue weighted by molar-refractivity contribution is 5.77. The highest BCUT2D eigenvalue weighted by Gasteiger charge is 2.34. The quantitative estimate of drug-likeness (QED) is 0.895. The summed E-state index contributed by atoms with van der Waals surface area (Å²) in [6.07, 6.45) is -2.80. The maximum Gasteiger partial charge on any atom is 0.417 e. The van der Waals surface area contributed by atoms with Gasteiger partial charge in [-0.1, -0.05) is 18.2 Å². The van der Waals surface area contributed by atoms with Crippen LogP contribution < -0.4 is 10.2 Å². The molecular weight excluding hydrogens is 281 g/mol. The molecule has 1 saturated heterocycles. The second kappa shape index (κ2) is 5.40. The predicted octanol–water partition coefficient (Wildman–Crippen LogP) is 2.51. The van der Waals surface area contributed by atoms with Crippen LogP contribution in [0.1, 0.15) is 5.56 Å². The fourth-order valence-electron chi connectivity index (χ4n) is 2.57. The highest BCUT2D eigenvalue weighted by atomic mass is 19.4. The summed E-state index contributed by atoms with van der Waals surface area (Å²) in [5.74, 6) is 0. The molecule has 0 amide bonds. The number of aromatic nitrogens is 2. The average Bonchev–Trinajstić information content (AvgIpc) is 2.96. The summed E-state index contributed by atoms with van der Waals surface area (Å²) in [6, 6.07) is 5.57. The molecule has 21 heavy (non-hydrogen) atoms. The van der Waals surface area contributed by atoms with E-state index in [0.717, 1.165) is 32.2 Å². The number of hydrogen-bond acceptors (Lipinski definition) is 3. The summed E-state index contributed by atoms with van der Waals surface area (Å²) in [4.78, 5) is 2.04. The molecule has 3 rings (SSSR count). The molecule has 2 heterocycles. The third kappa shape index (κ3) is 2.73. The van der Waals surface area contributed by atoms with Crippen LogP contribution in [0, 0.1) is 0 Å². The van der Waals surface area contributed by atoms with Crippen molar-refractivity contribution in [2.24, 2.45) is 0 Å². The van der Waals surface area contributed by atoms with E-state index in [0.29, 0.717) is 11.4 Å². The smallest absolute Gasteiger partial charge is 0.366 e. The molecule has 7 heteroatoms. The zero-order valence-electron chi connectivity index (χ0n) is 11.2. The molecule has 0 bridgehead atoms. The van der Waals surface area contributed by atoms with E-state index in [1.807, 2.05) is 4.90 Å². The normalized spacial score (nSPS) is 16.2. The van der Waals surface area contributed by atoms with Gasteiger partial charge < -0.3 is 10.2 Å².